The van der Waals surface area contributed by atoms with Gasteiger partial charge < -0.3 is 15.7 Å². The maximum Gasteiger partial charge on any atom is 0.322 e. The third-order valence-corrected chi connectivity index (χ3v) is 2.64. The van der Waals surface area contributed by atoms with E-state index in [1.54, 1.807) is 0 Å². The summed E-state index contributed by atoms with van der Waals surface area (Å²) in [5.74, 6) is -1.88. The highest BCUT2D eigenvalue weighted by Crippen LogP contribution is 2.05. The smallest absolute Gasteiger partial charge is 0.322 e. The molecule has 0 bridgehead atoms. The first kappa shape index (κ1) is 15.7. The quantitative estimate of drug-likeness (QED) is 0.666. The average Bonchev–Trinajstić information content (AvgIpc) is 2.42. The first-order valence-electron chi connectivity index (χ1n) is 6.28. The molecule has 6 heteroatoms. The summed E-state index contributed by atoms with van der Waals surface area (Å²) < 4.78 is 0. The summed E-state index contributed by atoms with van der Waals surface area (Å²) in [5.41, 5.74) is 2.22. The van der Waals surface area contributed by atoms with Gasteiger partial charge in [0, 0.05) is 6.42 Å². The highest BCUT2D eigenvalue weighted by Gasteiger charge is 2.07. The summed E-state index contributed by atoms with van der Waals surface area (Å²) in [6.07, 6.45) is 0.887. The Bertz CT molecular complexity index is 482. The summed E-state index contributed by atoms with van der Waals surface area (Å²) >= 11 is 0. The van der Waals surface area contributed by atoms with Crippen LogP contribution in [0.15, 0.2) is 24.3 Å². The molecule has 1 rings (SSSR count). The standard InChI is InChI=1S/C14H18N2O4/c1-10-2-4-11(5-3-10)6-7-12(17)15-8-13(18)16-9-14(19)20/h2-5H,6-9H2,1H3,(H,15,17)(H,16,18)(H,19,20). The van der Waals surface area contributed by atoms with Crippen LogP contribution in [0.1, 0.15) is 17.5 Å². The van der Waals surface area contributed by atoms with Gasteiger partial charge in [0.1, 0.15) is 6.54 Å². The van der Waals surface area contributed by atoms with Gasteiger partial charge in [-0.1, -0.05) is 29.8 Å². The van der Waals surface area contributed by atoms with Gasteiger partial charge in [-0.25, -0.2) is 0 Å². The number of benzene rings is 1. The average molecular weight is 278 g/mol. The molecule has 0 saturated heterocycles. The van der Waals surface area contributed by atoms with E-state index in [0.29, 0.717) is 6.42 Å². The summed E-state index contributed by atoms with van der Waals surface area (Å²) in [4.78, 5) is 32.9. The van der Waals surface area contributed by atoms with E-state index in [1.807, 2.05) is 31.2 Å². The number of nitrogens with one attached hydrogen (secondary N) is 2. The normalized spacial score (nSPS) is 9.85. The van der Waals surface area contributed by atoms with E-state index in [4.69, 9.17) is 5.11 Å². The van der Waals surface area contributed by atoms with Crippen molar-refractivity contribution in [3.8, 4) is 0 Å². The maximum absolute atomic E-state index is 11.5. The molecule has 0 saturated carbocycles. The van der Waals surface area contributed by atoms with Crippen LogP contribution < -0.4 is 10.6 Å². The molecule has 0 fully saturated rings. The number of rotatable bonds is 7. The molecule has 0 aromatic heterocycles. The van der Waals surface area contributed by atoms with Crippen LogP contribution in [-0.2, 0) is 20.8 Å². The number of carboxylic acid groups (broad SMARTS) is 1. The Labute approximate surface area is 117 Å². The van der Waals surface area contributed by atoms with Crippen LogP contribution in [-0.4, -0.2) is 36.0 Å². The molecule has 6 nitrogen and oxygen atoms in total. The van der Waals surface area contributed by atoms with Gasteiger partial charge in [-0.05, 0) is 18.9 Å². The number of hydrogen-bond acceptors (Lipinski definition) is 3. The van der Waals surface area contributed by atoms with Gasteiger partial charge in [0.25, 0.3) is 0 Å². The van der Waals surface area contributed by atoms with E-state index in [0.717, 1.165) is 11.1 Å². The number of aliphatic carboxylic acids is 1. The van der Waals surface area contributed by atoms with Gasteiger partial charge >= 0.3 is 5.97 Å². The molecule has 1 aromatic carbocycles. The summed E-state index contributed by atoms with van der Waals surface area (Å²) in [6, 6.07) is 7.88. The second-order valence-electron chi connectivity index (χ2n) is 4.43. The second-order valence-corrected chi connectivity index (χ2v) is 4.43. The minimum Gasteiger partial charge on any atom is -0.480 e. The Morgan fingerprint density at radius 3 is 2.20 bits per heavy atom. The molecule has 108 valence electrons. The number of carbonyl (C=O) groups excluding carboxylic acids is 2. The fourth-order valence-electron chi connectivity index (χ4n) is 1.52. The van der Waals surface area contributed by atoms with Crippen LogP contribution in [0.4, 0.5) is 0 Å². The lowest BCUT2D eigenvalue weighted by Crippen LogP contribution is -2.39. The lowest BCUT2D eigenvalue weighted by atomic mass is 10.1. The molecule has 0 spiro atoms. The Kier molecular flexibility index (Phi) is 6.22. The lowest BCUT2D eigenvalue weighted by molar-refractivity contribution is -0.137. The van der Waals surface area contributed by atoms with Crippen LogP contribution in [0.25, 0.3) is 0 Å². The molecule has 0 atom stereocenters. The van der Waals surface area contributed by atoms with Crippen molar-refractivity contribution in [3.63, 3.8) is 0 Å². The van der Waals surface area contributed by atoms with E-state index < -0.39 is 18.4 Å². The fraction of sp³-hybridized carbons (Fsp3) is 0.357. The number of amides is 2. The van der Waals surface area contributed by atoms with E-state index in [-0.39, 0.29) is 18.9 Å². The molecule has 0 heterocycles. The highest BCUT2D eigenvalue weighted by atomic mass is 16.4. The van der Waals surface area contributed by atoms with Crippen LogP contribution in [0.5, 0.6) is 0 Å². The molecule has 2 amide bonds. The summed E-state index contributed by atoms with van der Waals surface area (Å²) in [7, 11) is 0. The molecule has 3 N–H and O–H groups in total. The maximum atomic E-state index is 11.5. The van der Waals surface area contributed by atoms with Gasteiger partial charge in [-0.3, -0.25) is 14.4 Å². The summed E-state index contributed by atoms with van der Waals surface area (Å²) in [6.45, 7) is 1.34. The van der Waals surface area contributed by atoms with Crippen molar-refractivity contribution < 1.29 is 19.5 Å². The van der Waals surface area contributed by atoms with Crippen LogP contribution in [0, 0.1) is 6.92 Å². The van der Waals surface area contributed by atoms with Gasteiger partial charge in [-0.2, -0.15) is 0 Å². The lowest BCUT2D eigenvalue weighted by Gasteiger charge is -2.05. The number of aryl methyl sites for hydroxylation is 2. The van der Waals surface area contributed by atoms with Crippen LogP contribution in [0.3, 0.4) is 0 Å². The third-order valence-electron chi connectivity index (χ3n) is 2.64. The SMILES string of the molecule is Cc1ccc(CCC(=O)NCC(=O)NCC(=O)O)cc1. The predicted molar refractivity (Wildman–Crippen MR) is 73.2 cm³/mol. The second kappa shape index (κ2) is 7.93. The monoisotopic (exact) mass is 278 g/mol. The minimum absolute atomic E-state index is 0.208. The molecule has 0 aliphatic carbocycles. The van der Waals surface area contributed by atoms with Crippen molar-refractivity contribution in [2.24, 2.45) is 0 Å². The largest absolute Gasteiger partial charge is 0.480 e. The van der Waals surface area contributed by atoms with Crippen LogP contribution in [0.2, 0.25) is 0 Å². The molecular weight excluding hydrogens is 260 g/mol. The topological polar surface area (TPSA) is 95.5 Å². The molecule has 0 unspecified atom stereocenters. The van der Waals surface area contributed by atoms with Gasteiger partial charge in [0.05, 0.1) is 6.54 Å². The van der Waals surface area contributed by atoms with E-state index in [9.17, 15) is 14.4 Å². The van der Waals surface area contributed by atoms with Crippen molar-refractivity contribution in [2.45, 2.75) is 19.8 Å². The van der Waals surface area contributed by atoms with Crippen molar-refractivity contribution in [1.82, 2.24) is 10.6 Å². The number of carboxylic acids is 1. The minimum atomic E-state index is -1.12. The van der Waals surface area contributed by atoms with Crippen molar-refractivity contribution in [3.05, 3.63) is 35.4 Å². The van der Waals surface area contributed by atoms with Crippen LogP contribution >= 0.6 is 0 Å². The zero-order valence-corrected chi connectivity index (χ0v) is 11.3. The Balaban J connectivity index is 2.21. The van der Waals surface area contributed by atoms with E-state index >= 15 is 0 Å². The first-order valence-corrected chi connectivity index (χ1v) is 6.28. The zero-order valence-electron chi connectivity index (χ0n) is 11.3. The van der Waals surface area contributed by atoms with Crippen molar-refractivity contribution in [2.75, 3.05) is 13.1 Å². The molecule has 0 radical (unpaired) electrons. The fourth-order valence-corrected chi connectivity index (χ4v) is 1.52. The molecule has 20 heavy (non-hydrogen) atoms. The zero-order chi connectivity index (χ0) is 15.0. The van der Waals surface area contributed by atoms with Crippen molar-refractivity contribution >= 4 is 17.8 Å². The number of hydrogen-bond donors (Lipinski definition) is 3. The predicted octanol–water partition coefficient (Wildman–Crippen LogP) is 0.245. The Morgan fingerprint density at radius 2 is 1.60 bits per heavy atom. The molecule has 0 aliphatic rings. The first-order chi connectivity index (χ1) is 9.47. The third kappa shape index (κ3) is 6.53. The highest BCUT2D eigenvalue weighted by molar-refractivity contribution is 5.86. The molecule has 1 aromatic rings. The van der Waals surface area contributed by atoms with E-state index in [1.165, 1.54) is 0 Å². The number of carbonyl (C=O) groups is 3. The Morgan fingerprint density at radius 1 is 1.00 bits per heavy atom. The molecule has 0 aliphatic heterocycles. The Hall–Kier alpha value is -2.37. The van der Waals surface area contributed by atoms with Gasteiger partial charge in [0.15, 0.2) is 0 Å². The summed E-state index contributed by atoms with van der Waals surface area (Å²) in [5, 5.41) is 13.0. The van der Waals surface area contributed by atoms with E-state index in [2.05, 4.69) is 10.6 Å². The van der Waals surface area contributed by atoms with Gasteiger partial charge in [0.2, 0.25) is 11.8 Å². The molecular formula is C14H18N2O4. The van der Waals surface area contributed by atoms with Gasteiger partial charge in [-0.15, -0.1) is 0 Å². The van der Waals surface area contributed by atoms with Crippen molar-refractivity contribution in [1.29, 1.82) is 0 Å².